The predicted molar refractivity (Wildman–Crippen MR) is 64.0 cm³/mol. The minimum atomic E-state index is 0.699. The van der Waals surface area contributed by atoms with E-state index in [4.69, 9.17) is 5.26 Å². The van der Waals surface area contributed by atoms with E-state index in [0.29, 0.717) is 5.56 Å². The van der Waals surface area contributed by atoms with Crippen LogP contribution < -0.4 is 0 Å². The highest BCUT2D eigenvalue weighted by molar-refractivity contribution is 6.06. The lowest BCUT2D eigenvalue weighted by atomic mass is 10.0. The number of fused-ring (bicyclic) bond motifs is 3. The second kappa shape index (κ2) is 3.32. The highest BCUT2D eigenvalue weighted by atomic mass is 14.6. The summed E-state index contributed by atoms with van der Waals surface area (Å²) in [6, 6.07) is 15.9. The summed E-state index contributed by atoms with van der Waals surface area (Å²) in [5.41, 5.74) is 1.65. The van der Waals surface area contributed by atoms with Gasteiger partial charge in [0.25, 0.3) is 0 Å². The summed E-state index contributed by atoms with van der Waals surface area (Å²) in [6.45, 7) is 0. The summed E-state index contributed by atoms with van der Waals surface area (Å²) in [4.78, 5) is 4.38. The molecule has 1 heterocycles. The van der Waals surface area contributed by atoms with E-state index in [1.165, 1.54) is 0 Å². The third kappa shape index (κ3) is 1.15. The van der Waals surface area contributed by atoms with E-state index in [1.807, 2.05) is 42.5 Å². The first-order valence-electron chi connectivity index (χ1n) is 5.07. The van der Waals surface area contributed by atoms with Crippen LogP contribution in [0.4, 0.5) is 0 Å². The van der Waals surface area contributed by atoms with Gasteiger partial charge in [-0.15, -0.1) is 0 Å². The molecule has 0 amide bonds. The van der Waals surface area contributed by atoms with Crippen LogP contribution in [0.15, 0.2) is 48.7 Å². The maximum absolute atomic E-state index is 9.04. The molecule has 2 aromatic carbocycles. The van der Waals surface area contributed by atoms with Gasteiger partial charge in [0.2, 0.25) is 0 Å². The molecule has 0 N–H and O–H groups in total. The topological polar surface area (TPSA) is 36.7 Å². The van der Waals surface area contributed by atoms with Crippen LogP contribution >= 0.6 is 0 Å². The van der Waals surface area contributed by atoms with Crippen LogP contribution in [0.1, 0.15) is 5.56 Å². The van der Waals surface area contributed by atoms with Crippen molar-refractivity contribution in [2.24, 2.45) is 0 Å². The number of aromatic nitrogens is 1. The first-order chi connectivity index (χ1) is 7.90. The number of pyridine rings is 1. The van der Waals surface area contributed by atoms with Crippen molar-refractivity contribution in [1.82, 2.24) is 4.98 Å². The van der Waals surface area contributed by atoms with Crippen molar-refractivity contribution < 1.29 is 0 Å². The highest BCUT2D eigenvalue weighted by Crippen LogP contribution is 2.25. The van der Waals surface area contributed by atoms with Gasteiger partial charge < -0.3 is 0 Å². The van der Waals surface area contributed by atoms with Crippen LogP contribution in [0.3, 0.4) is 0 Å². The Hall–Kier alpha value is -2.40. The lowest BCUT2D eigenvalue weighted by molar-refractivity contribution is 1.43. The number of hydrogen-bond donors (Lipinski definition) is 0. The van der Waals surface area contributed by atoms with Gasteiger partial charge >= 0.3 is 0 Å². The Morgan fingerprint density at radius 1 is 0.938 bits per heavy atom. The molecule has 0 fully saturated rings. The van der Waals surface area contributed by atoms with Gasteiger partial charge in [-0.2, -0.15) is 5.26 Å². The summed E-state index contributed by atoms with van der Waals surface area (Å²) >= 11 is 0. The molecule has 2 heteroatoms. The Morgan fingerprint density at radius 3 is 2.75 bits per heavy atom. The second-order valence-electron chi connectivity index (χ2n) is 3.65. The quantitative estimate of drug-likeness (QED) is 0.527. The molecule has 0 unspecified atom stereocenters. The van der Waals surface area contributed by atoms with Crippen molar-refractivity contribution in [3.05, 3.63) is 54.2 Å². The summed E-state index contributed by atoms with van der Waals surface area (Å²) in [7, 11) is 0. The largest absolute Gasteiger partial charge is 0.256 e. The van der Waals surface area contributed by atoms with Gasteiger partial charge in [0, 0.05) is 22.4 Å². The van der Waals surface area contributed by atoms with Gasteiger partial charge in [-0.3, -0.25) is 4.98 Å². The van der Waals surface area contributed by atoms with E-state index in [9.17, 15) is 0 Å². The van der Waals surface area contributed by atoms with Gasteiger partial charge in [0.15, 0.2) is 0 Å². The van der Waals surface area contributed by atoms with E-state index >= 15 is 0 Å². The SMILES string of the molecule is N#Cc1cccc2c1ccc1cccnc12. The molecule has 74 valence electrons. The van der Waals surface area contributed by atoms with Crippen molar-refractivity contribution in [3.8, 4) is 6.07 Å². The summed E-state index contributed by atoms with van der Waals surface area (Å²) < 4.78 is 0. The van der Waals surface area contributed by atoms with Gasteiger partial charge in [0.1, 0.15) is 0 Å². The first-order valence-corrected chi connectivity index (χ1v) is 5.07. The molecular weight excluding hydrogens is 196 g/mol. The van der Waals surface area contributed by atoms with Gasteiger partial charge in [0.05, 0.1) is 17.1 Å². The standard InChI is InChI=1S/C14H8N2/c15-9-11-3-1-5-13-12(11)7-6-10-4-2-8-16-14(10)13/h1-8H. The number of nitriles is 1. The number of nitrogens with zero attached hydrogens (tertiary/aromatic N) is 2. The maximum Gasteiger partial charge on any atom is 0.0998 e. The minimum Gasteiger partial charge on any atom is -0.256 e. The minimum absolute atomic E-state index is 0.699. The lowest BCUT2D eigenvalue weighted by Crippen LogP contribution is -1.83. The van der Waals surface area contributed by atoms with Crippen molar-refractivity contribution in [3.63, 3.8) is 0 Å². The summed E-state index contributed by atoms with van der Waals surface area (Å²) in [5.74, 6) is 0. The van der Waals surface area contributed by atoms with Crippen molar-refractivity contribution in [2.45, 2.75) is 0 Å². The normalized spacial score (nSPS) is 10.4. The molecule has 0 aliphatic carbocycles. The molecule has 0 atom stereocenters. The fourth-order valence-electron chi connectivity index (χ4n) is 2.00. The van der Waals surface area contributed by atoms with Gasteiger partial charge in [-0.25, -0.2) is 0 Å². The lowest BCUT2D eigenvalue weighted by Gasteiger charge is -2.03. The van der Waals surface area contributed by atoms with Crippen LogP contribution in [-0.4, -0.2) is 4.98 Å². The number of hydrogen-bond acceptors (Lipinski definition) is 2. The van der Waals surface area contributed by atoms with Crippen LogP contribution in [-0.2, 0) is 0 Å². The van der Waals surface area contributed by atoms with E-state index < -0.39 is 0 Å². The van der Waals surface area contributed by atoms with Crippen LogP contribution in [0, 0.1) is 11.3 Å². The average molecular weight is 204 g/mol. The molecule has 0 aliphatic heterocycles. The first kappa shape index (κ1) is 8.87. The Bertz CT molecular complexity index is 723. The molecule has 0 saturated heterocycles. The van der Waals surface area contributed by atoms with Crippen molar-refractivity contribution in [1.29, 1.82) is 5.26 Å². The zero-order valence-electron chi connectivity index (χ0n) is 8.51. The van der Waals surface area contributed by atoms with Gasteiger partial charge in [-0.1, -0.05) is 30.3 Å². The van der Waals surface area contributed by atoms with Crippen molar-refractivity contribution >= 4 is 21.7 Å². The monoisotopic (exact) mass is 204 g/mol. The fraction of sp³-hybridized carbons (Fsp3) is 0. The second-order valence-corrected chi connectivity index (χ2v) is 3.65. The van der Waals surface area contributed by atoms with E-state index in [1.54, 1.807) is 6.20 Å². The zero-order chi connectivity index (χ0) is 11.0. The smallest absolute Gasteiger partial charge is 0.0998 e. The van der Waals surface area contributed by atoms with Crippen LogP contribution in [0.2, 0.25) is 0 Å². The summed E-state index contributed by atoms with van der Waals surface area (Å²) in [6.07, 6.45) is 1.78. The molecule has 3 aromatic rings. The molecule has 0 aliphatic rings. The maximum atomic E-state index is 9.04. The zero-order valence-corrected chi connectivity index (χ0v) is 8.51. The fourth-order valence-corrected chi connectivity index (χ4v) is 2.00. The third-order valence-electron chi connectivity index (χ3n) is 2.75. The van der Waals surface area contributed by atoms with Crippen LogP contribution in [0.5, 0.6) is 0 Å². The third-order valence-corrected chi connectivity index (χ3v) is 2.75. The molecular formula is C14H8N2. The highest BCUT2D eigenvalue weighted by Gasteiger charge is 2.03. The van der Waals surface area contributed by atoms with Crippen molar-refractivity contribution in [2.75, 3.05) is 0 Å². The molecule has 0 spiro atoms. The summed E-state index contributed by atoms with van der Waals surface area (Å²) in [5, 5.41) is 12.1. The molecule has 1 aromatic heterocycles. The van der Waals surface area contributed by atoms with Gasteiger partial charge in [-0.05, 0) is 12.1 Å². The molecule has 0 bridgehead atoms. The van der Waals surface area contributed by atoms with E-state index in [0.717, 1.165) is 21.7 Å². The molecule has 0 saturated carbocycles. The van der Waals surface area contributed by atoms with E-state index in [2.05, 4.69) is 11.1 Å². The Labute approximate surface area is 92.8 Å². The van der Waals surface area contributed by atoms with E-state index in [-0.39, 0.29) is 0 Å². The Balaban J connectivity index is 2.58. The molecule has 0 radical (unpaired) electrons. The molecule has 2 nitrogen and oxygen atoms in total. The number of rotatable bonds is 0. The number of benzene rings is 2. The molecule has 16 heavy (non-hydrogen) atoms. The van der Waals surface area contributed by atoms with Crippen LogP contribution in [0.25, 0.3) is 21.7 Å². The predicted octanol–water partition coefficient (Wildman–Crippen LogP) is 3.26. The Morgan fingerprint density at radius 2 is 1.88 bits per heavy atom. The molecule has 3 rings (SSSR count). The Kier molecular flexibility index (Phi) is 1.84. The average Bonchev–Trinajstić information content (AvgIpc) is 2.37.